The summed E-state index contributed by atoms with van der Waals surface area (Å²) in [6.07, 6.45) is 4.08. The van der Waals surface area contributed by atoms with Crippen LogP contribution in [0.4, 0.5) is 5.82 Å². The Morgan fingerprint density at radius 1 is 1.19 bits per heavy atom. The van der Waals surface area contributed by atoms with Crippen LogP contribution in [-0.4, -0.2) is 35.4 Å². The van der Waals surface area contributed by atoms with Crippen molar-refractivity contribution in [2.75, 3.05) is 25.0 Å². The van der Waals surface area contributed by atoms with Crippen LogP contribution < -0.4 is 5.32 Å². The summed E-state index contributed by atoms with van der Waals surface area (Å²) in [5, 5.41) is 3.22. The Morgan fingerprint density at radius 3 is 2.52 bits per heavy atom. The van der Waals surface area contributed by atoms with E-state index in [0.29, 0.717) is 0 Å². The van der Waals surface area contributed by atoms with E-state index in [1.54, 1.807) is 0 Å². The van der Waals surface area contributed by atoms with Gasteiger partial charge in [0.15, 0.2) is 0 Å². The van der Waals surface area contributed by atoms with Crippen LogP contribution in [0.5, 0.6) is 0 Å². The molecule has 0 radical (unpaired) electrons. The molecular weight excluding hydrogens is 262 g/mol. The minimum Gasteiger partial charge on any atom is -0.370 e. The molecule has 0 atom stereocenters. The average Bonchev–Trinajstić information content (AvgIpc) is 2.48. The minimum atomic E-state index is 0.116. The van der Waals surface area contributed by atoms with Gasteiger partial charge in [-0.25, -0.2) is 4.98 Å². The summed E-state index contributed by atoms with van der Waals surface area (Å²) in [5.41, 5.74) is 1.74. The monoisotopic (exact) mass is 291 g/mol. The molecule has 0 aliphatic rings. The summed E-state index contributed by atoms with van der Waals surface area (Å²) < 4.78 is 0. The lowest BCUT2D eigenvalue weighted by atomic mass is 10.1. The van der Waals surface area contributed by atoms with Gasteiger partial charge in [0.05, 0.1) is 0 Å². The number of hydrogen-bond acceptors (Lipinski definition) is 3. The van der Waals surface area contributed by atoms with Crippen molar-refractivity contribution < 1.29 is 4.79 Å². The van der Waals surface area contributed by atoms with Crippen LogP contribution in [-0.2, 0) is 6.42 Å². The van der Waals surface area contributed by atoms with E-state index >= 15 is 0 Å². The second-order valence-corrected chi connectivity index (χ2v) is 5.25. The SMILES string of the molecule is CCCCN(CC)C(=O)c1cc(CCC)nc(NCC)c1. The van der Waals surface area contributed by atoms with E-state index in [-0.39, 0.29) is 5.91 Å². The van der Waals surface area contributed by atoms with Crippen LogP contribution in [0, 0.1) is 0 Å². The van der Waals surface area contributed by atoms with E-state index in [2.05, 4.69) is 24.1 Å². The molecule has 1 aromatic heterocycles. The van der Waals surface area contributed by atoms with Crippen molar-refractivity contribution in [2.45, 2.75) is 53.4 Å². The smallest absolute Gasteiger partial charge is 0.254 e. The van der Waals surface area contributed by atoms with E-state index in [4.69, 9.17) is 0 Å². The molecule has 0 aliphatic heterocycles. The summed E-state index contributed by atoms with van der Waals surface area (Å²) in [4.78, 5) is 19.1. The first-order chi connectivity index (χ1) is 10.2. The number of amides is 1. The third kappa shape index (κ3) is 5.37. The molecule has 4 heteroatoms. The van der Waals surface area contributed by atoms with Crippen LogP contribution in [0.15, 0.2) is 12.1 Å². The maximum absolute atomic E-state index is 12.7. The molecule has 0 saturated carbocycles. The van der Waals surface area contributed by atoms with Crippen molar-refractivity contribution in [2.24, 2.45) is 0 Å². The molecule has 4 nitrogen and oxygen atoms in total. The van der Waals surface area contributed by atoms with Crippen molar-refractivity contribution in [1.29, 1.82) is 0 Å². The number of nitrogens with one attached hydrogen (secondary N) is 1. The second kappa shape index (κ2) is 9.37. The fourth-order valence-corrected chi connectivity index (χ4v) is 2.30. The number of rotatable bonds is 9. The predicted molar refractivity (Wildman–Crippen MR) is 88.9 cm³/mol. The van der Waals surface area contributed by atoms with Gasteiger partial charge in [-0.3, -0.25) is 4.79 Å². The lowest BCUT2D eigenvalue weighted by Crippen LogP contribution is -2.32. The highest BCUT2D eigenvalue weighted by atomic mass is 16.2. The molecule has 21 heavy (non-hydrogen) atoms. The van der Waals surface area contributed by atoms with Gasteiger partial charge in [0.2, 0.25) is 0 Å². The minimum absolute atomic E-state index is 0.116. The quantitative estimate of drug-likeness (QED) is 0.754. The van der Waals surface area contributed by atoms with Crippen molar-refractivity contribution in [3.63, 3.8) is 0 Å². The number of anilines is 1. The normalized spacial score (nSPS) is 10.5. The molecule has 1 N–H and O–H groups in total. The molecule has 0 aliphatic carbocycles. The Kier molecular flexibility index (Phi) is 7.80. The van der Waals surface area contributed by atoms with Gasteiger partial charge in [-0.2, -0.15) is 0 Å². The van der Waals surface area contributed by atoms with Crippen LogP contribution in [0.2, 0.25) is 0 Å². The van der Waals surface area contributed by atoms with Crippen molar-refractivity contribution in [3.05, 3.63) is 23.4 Å². The maximum atomic E-state index is 12.7. The first-order valence-electron chi connectivity index (χ1n) is 8.20. The van der Waals surface area contributed by atoms with Crippen molar-refractivity contribution in [3.8, 4) is 0 Å². The number of aryl methyl sites for hydroxylation is 1. The third-order valence-electron chi connectivity index (χ3n) is 3.44. The average molecular weight is 291 g/mol. The zero-order valence-corrected chi connectivity index (χ0v) is 13.9. The first-order valence-corrected chi connectivity index (χ1v) is 8.20. The van der Waals surface area contributed by atoms with Gasteiger partial charge < -0.3 is 10.2 Å². The highest BCUT2D eigenvalue weighted by Gasteiger charge is 2.15. The summed E-state index contributed by atoms with van der Waals surface area (Å²) in [7, 11) is 0. The third-order valence-corrected chi connectivity index (χ3v) is 3.44. The summed E-state index contributed by atoms with van der Waals surface area (Å²) >= 11 is 0. The maximum Gasteiger partial charge on any atom is 0.254 e. The number of carbonyl (C=O) groups excluding carboxylic acids is 1. The van der Waals surface area contributed by atoms with Crippen molar-refractivity contribution >= 4 is 11.7 Å². The predicted octanol–water partition coefficient (Wildman–Crippen LogP) is 3.73. The lowest BCUT2D eigenvalue weighted by Gasteiger charge is -2.21. The molecule has 0 spiro atoms. The molecule has 118 valence electrons. The van der Waals surface area contributed by atoms with Gasteiger partial charge in [0.1, 0.15) is 5.82 Å². The fourth-order valence-electron chi connectivity index (χ4n) is 2.30. The molecule has 0 bridgehead atoms. The Balaban J connectivity index is 2.99. The number of carbonyl (C=O) groups is 1. The molecule has 0 saturated heterocycles. The molecular formula is C17H29N3O. The van der Waals surface area contributed by atoms with Gasteiger partial charge in [0.25, 0.3) is 5.91 Å². The molecule has 1 amide bonds. The van der Waals surface area contributed by atoms with Crippen LogP contribution in [0.25, 0.3) is 0 Å². The lowest BCUT2D eigenvalue weighted by molar-refractivity contribution is 0.0762. The van der Waals surface area contributed by atoms with Gasteiger partial charge in [-0.05, 0) is 38.8 Å². The Hall–Kier alpha value is -1.58. The van der Waals surface area contributed by atoms with Crippen LogP contribution in [0.3, 0.4) is 0 Å². The molecule has 1 heterocycles. The number of pyridine rings is 1. The molecule has 0 aromatic carbocycles. The zero-order chi connectivity index (χ0) is 15.7. The van der Waals surface area contributed by atoms with E-state index < -0.39 is 0 Å². The van der Waals surface area contributed by atoms with E-state index in [9.17, 15) is 4.79 Å². The molecule has 1 rings (SSSR count). The number of nitrogens with zero attached hydrogens (tertiary/aromatic N) is 2. The van der Waals surface area contributed by atoms with Crippen molar-refractivity contribution in [1.82, 2.24) is 9.88 Å². The highest BCUT2D eigenvalue weighted by Crippen LogP contribution is 2.15. The topological polar surface area (TPSA) is 45.2 Å². The number of aromatic nitrogens is 1. The second-order valence-electron chi connectivity index (χ2n) is 5.25. The summed E-state index contributed by atoms with van der Waals surface area (Å²) in [6, 6.07) is 3.82. The van der Waals surface area contributed by atoms with Gasteiger partial charge in [0, 0.05) is 30.9 Å². The first kappa shape index (κ1) is 17.5. The molecule has 0 unspecified atom stereocenters. The van der Waals surface area contributed by atoms with Crippen LogP contribution >= 0.6 is 0 Å². The highest BCUT2D eigenvalue weighted by molar-refractivity contribution is 5.95. The van der Waals surface area contributed by atoms with Gasteiger partial charge >= 0.3 is 0 Å². The fraction of sp³-hybridized carbons (Fsp3) is 0.647. The standard InChI is InChI=1S/C17H29N3O/c1-5-9-11-20(8-4)17(21)14-12-15(10-6-2)19-16(13-14)18-7-3/h12-13H,5-11H2,1-4H3,(H,18,19). The largest absolute Gasteiger partial charge is 0.370 e. The van der Waals surface area contributed by atoms with E-state index in [1.807, 2.05) is 30.9 Å². The molecule has 0 fully saturated rings. The van der Waals surface area contributed by atoms with E-state index in [1.165, 1.54) is 0 Å². The Bertz CT molecular complexity index is 421. The Morgan fingerprint density at radius 2 is 1.95 bits per heavy atom. The van der Waals surface area contributed by atoms with Crippen LogP contribution in [0.1, 0.15) is 63.0 Å². The summed E-state index contributed by atoms with van der Waals surface area (Å²) in [6.45, 7) is 10.7. The number of unbranched alkanes of at least 4 members (excludes halogenated alkanes) is 1. The number of hydrogen-bond donors (Lipinski definition) is 1. The molecule has 1 aromatic rings. The van der Waals surface area contributed by atoms with E-state index in [0.717, 1.165) is 62.4 Å². The zero-order valence-electron chi connectivity index (χ0n) is 13.9. The Labute approximate surface area is 129 Å². The van der Waals surface area contributed by atoms with Gasteiger partial charge in [-0.15, -0.1) is 0 Å². The van der Waals surface area contributed by atoms with Gasteiger partial charge in [-0.1, -0.05) is 26.7 Å². The summed E-state index contributed by atoms with van der Waals surface area (Å²) in [5.74, 6) is 0.920.